The van der Waals surface area contributed by atoms with Crippen LogP contribution in [0.3, 0.4) is 0 Å². The quantitative estimate of drug-likeness (QED) is 0.592. The van der Waals surface area contributed by atoms with Crippen LogP contribution >= 0.6 is 0 Å². The van der Waals surface area contributed by atoms with Gasteiger partial charge in [0.25, 0.3) is 0 Å². The van der Waals surface area contributed by atoms with Gasteiger partial charge in [0.1, 0.15) is 5.54 Å². The van der Waals surface area contributed by atoms with E-state index in [9.17, 15) is 4.79 Å². The smallest absolute Gasteiger partial charge is 0.235 e. The van der Waals surface area contributed by atoms with E-state index in [0.29, 0.717) is 17.2 Å². The van der Waals surface area contributed by atoms with Crippen LogP contribution in [0.15, 0.2) is 17.1 Å². The summed E-state index contributed by atoms with van der Waals surface area (Å²) in [5, 5.41) is 0. The zero-order chi connectivity index (χ0) is 13.2. The molecule has 0 radical (unpaired) electrons. The van der Waals surface area contributed by atoms with Crippen molar-refractivity contribution in [3.05, 3.63) is 17.7 Å². The lowest BCUT2D eigenvalue weighted by atomic mass is 10.0. The summed E-state index contributed by atoms with van der Waals surface area (Å²) in [4.78, 5) is 14.4. The van der Waals surface area contributed by atoms with Crippen LogP contribution < -0.4 is 14.2 Å². The molecule has 1 aromatic carbocycles. The Morgan fingerprint density at radius 3 is 2.22 bits per heavy atom. The van der Waals surface area contributed by atoms with Gasteiger partial charge in [0.15, 0.2) is 11.5 Å². The van der Waals surface area contributed by atoms with Crippen molar-refractivity contribution < 1.29 is 19.0 Å². The average Bonchev–Trinajstić information content (AvgIpc) is 3.17. The third-order valence-electron chi connectivity index (χ3n) is 3.19. The highest BCUT2D eigenvalue weighted by Crippen LogP contribution is 2.55. The van der Waals surface area contributed by atoms with Gasteiger partial charge in [0, 0.05) is 5.56 Å². The molecule has 0 aliphatic heterocycles. The molecule has 1 saturated carbocycles. The Hall–Kier alpha value is -2.00. The molecule has 5 heteroatoms. The average molecular weight is 249 g/mol. The van der Waals surface area contributed by atoms with Crippen LogP contribution in [0.4, 0.5) is 0 Å². The SMILES string of the molecule is COc1ccc(C2(N=C=O)CC2)c(OC)c1OC. The zero-order valence-corrected chi connectivity index (χ0v) is 10.6. The normalized spacial score (nSPS) is 15.5. The first-order valence-corrected chi connectivity index (χ1v) is 5.61. The van der Waals surface area contributed by atoms with E-state index in [1.807, 2.05) is 6.07 Å². The summed E-state index contributed by atoms with van der Waals surface area (Å²) in [5.41, 5.74) is 0.345. The Balaban J connectivity index is 2.59. The third kappa shape index (κ3) is 1.83. The van der Waals surface area contributed by atoms with E-state index in [2.05, 4.69) is 4.99 Å². The number of hydrogen-bond donors (Lipinski definition) is 0. The molecule has 5 nitrogen and oxygen atoms in total. The van der Waals surface area contributed by atoms with Crippen molar-refractivity contribution >= 4 is 6.08 Å². The van der Waals surface area contributed by atoms with Crippen LogP contribution in [0.5, 0.6) is 17.2 Å². The fourth-order valence-corrected chi connectivity index (χ4v) is 2.11. The lowest BCUT2D eigenvalue weighted by Crippen LogP contribution is -2.07. The van der Waals surface area contributed by atoms with Crippen LogP contribution in [-0.4, -0.2) is 27.4 Å². The first-order valence-electron chi connectivity index (χ1n) is 5.61. The summed E-state index contributed by atoms with van der Waals surface area (Å²) in [6.45, 7) is 0. The minimum atomic E-state index is -0.493. The molecule has 0 heterocycles. The van der Waals surface area contributed by atoms with Gasteiger partial charge in [0.05, 0.1) is 21.3 Å². The molecular formula is C13H15NO4. The molecule has 18 heavy (non-hydrogen) atoms. The first kappa shape index (κ1) is 12.5. The lowest BCUT2D eigenvalue weighted by Gasteiger charge is -2.18. The summed E-state index contributed by atoms with van der Waals surface area (Å²) in [6.07, 6.45) is 3.26. The van der Waals surface area contributed by atoms with Gasteiger partial charge in [-0.2, -0.15) is 4.99 Å². The van der Waals surface area contributed by atoms with Crippen molar-refractivity contribution in [3.8, 4) is 17.2 Å². The maximum atomic E-state index is 10.5. The molecule has 1 fully saturated rings. The molecule has 1 aliphatic rings. The van der Waals surface area contributed by atoms with Crippen LogP contribution in [-0.2, 0) is 10.3 Å². The number of carbonyl (C=O) groups excluding carboxylic acids is 1. The second kappa shape index (κ2) is 4.70. The fraction of sp³-hybridized carbons (Fsp3) is 0.462. The van der Waals surface area contributed by atoms with Gasteiger partial charge in [-0.15, -0.1) is 0 Å². The van der Waals surface area contributed by atoms with Crippen molar-refractivity contribution in [1.29, 1.82) is 0 Å². The molecule has 0 amide bonds. The summed E-state index contributed by atoms with van der Waals surface area (Å²) < 4.78 is 15.9. The molecule has 0 saturated heterocycles. The number of nitrogens with zero attached hydrogens (tertiary/aromatic N) is 1. The van der Waals surface area contributed by atoms with Crippen LogP contribution in [0.1, 0.15) is 18.4 Å². The third-order valence-corrected chi connectivity index (χ3v) is 3.19. The fourth-order valence-electron chi connectivity index (χ4n) is 2.11. The summed E-state index contributed by atoms with van der Waals surface area (Å²) >= 11 is 0. The molecule has 0 bridgehead atoms. The molecule has 1 aromatic rings. The number of isocyanates is 1. The number of rotatable bonds is 5. The van der Waals surface area contributed by atoms with E-state index < -0.39 is 5.54 Å². The predicted molar refractivity (Wildman–Crippen MR) is 65.1 cm³/mol. The van der Waals surface area contributed by atoms with Gasteiger partial charge in [-0.1, -0.05) is 0 Å². The monoisotopic (exact) mass is 249 g/mol. The van der Waals surface area contributed by atoms with Crippen molar-refractivity contribution in [2.75, 3.05) is 21.3 Å². The number of aliphatic imine (C=N–C) groups is 1. The van der Waals surface area contributed by atoms with Crippen LogP contribution in [0, 0.1) is 0 Å². The molecule has 96 valence electrons. The minimum Gasteiger partial charge on any atom is -0.493 e. The molecule has 0 atom stereocenters. The number of hydrogen-bond acceptors (Lipinski definition) is 5. The van der Waals surface area contributed by atoms with Crippen molar-refractivity contribution in [2.24, 2.45) is 4.99 Å². The Morgan fingerprint density at radius 2 is 1.78 bits per heavy atom. The second-order valence-electron chi connectivity index (χ2n) is 4.12. The minimum absolute atomic E-state index is 0.493. The summed E-state index contributed by atoms with van der Waals surface area (Å²) in [5.74, 6) is 1.67. The summed E-state index contributed by atoms with van der Waals surface area (Å²) in [6, 6.07) is 3.64. The highest BCUT2D eigenvalue weighted by atomic mass is 16.5. The number of benzene rings is 1. The molecule has 0 unspecified atom stereocenters. The van der Waals surface area contributed by atoms with E-state index in [-0.39, 0.29) is 0 Å². The maximum absolute atomic E-state index is 10.5. The van der Waals surface area contributed by atoms with E-state index in [1.165, 1.54) is 0 Å². The van der Waals surface area contributed by atoms with Crippen molar-refractivity contribution in [3.63, 3.8) is 0 Å². The standard InChI is InChI=1S/C13H15NO4/c1-16-10-5-4-9(11(17-2)12(10)18-3)13(6-7-13)14-8-15/h4-5H,6-7H2,1-3H3. The van der Waals surface area contributed by atoms with Gasteiger partial charge in [0.2, 0.25) is 11.8 Å². The molecule has 2 rings (SSSR count). The number of ether oxygens (including phenoxy) is 3. The lowest BCUT2D eigenvalue weighted by molar-refractivity contribution is 0.320. The largest absolute Gasteiger partial charge is 0.493 e. The first-order chi connectivity index (χ1) is 8.72. The summed E-state index contributed by atoms with van der Waals surface area (Å²) in [7, 11) is 4.67. The van der Waals surface area contributed by atoms with E-state index >= 15 is 0 Å². The van der Waals surface area contributed by atoms with Gasteiger partial charge in [-0.25, -0.2) is 4.79 Å². The molecule has 1 aliphatic carbocycles. The second-order valence-corrected chi connectivity index (χ2v) is 4.12. The predicted octanol–water partition coefficient (Wildman–Crippen LogP) is 2.04. The Morgan fingerprint density at radius 1 is 1.11 bits per heavy atom. The van der Waals surface area contributed by atoms with Crippen molar-refractivity contribution in [2.45, 2.75) is 18.4 Å². The van der Waals surface area contributed by atoms with Gasteiger partial charge < -0.3 is 14.2 Å². The molecule has 0 aromatic heterocycles. The highest BCUT2D eigenvalue weighted by Gasteiger charge is 2.47. The van der Waals surface area contributed by atoms with Crippen molar-refractivity contribution in [1.82, 2.24) is 0 Å². The molecule has 0 spiro atoms. The van der Waals surface area contributed by atoms with E-state index in [1.54, 1.807) is 33.5 Å². The van der Waals surface area contributed by atoms with E-state index in [0.717, 1.165) is 18.4 Å². The molecule has 0 N–H and O–H groups in total. The number of methoxy groups -OCH3 is 3. The van der Waals surface area contributed by atoms with Gasteiger partial charge >= 0.3 is 0 Å². The van der Waals surface area contributed by atoms with Crippen LogP contribution in [0.2, 0.25) is 0 Å². The Kier molecular flexibility index (Phi) is 3.26. The Bertz CT molecular complexity index is 502. The highest BCUT2D eigenvalue weighted by molar-refractivity contribution is 5.59. The maximum Gasteiger partial charge on any atom is 0.235 e. The van der Waals surface area contributed by atoms with Gasteiger partial charge in [-0.05, 0) is 25.0 Å². The Labute approximate surface area is 105 Å². The van der Waals surface area contributed by atoms with Crippen LogP contribution in [0.25, 0.3) is 0 Å². The van der Waals surface area contributed by atoms with Gasteiger partial charge in [-0.3, -0.25) is 0 Å². The topological polar surface area (TPSA) is 57.1 Å². The zero-order valence-electron chi connectivity index (χ0n) is 10.6. The van der Waals surface area contributed by atoms with E-state index in [4.69, 9.17) is 14.2 Å². The molecular weight excluding hydrogens is 234 g/mol.